The lowest BCUT2D eigenvalue weighted by Crippen LogP contribution is -2.42. The zero-order valence-corrected chi connectivity index (χ0v) is 28.4. The van der Waals surface area contributed by atoms with E-state index in [1.54, 1.807) is 12.5 Å². The maximum absolute atomic E-state index is 13.0. The van der Waals surface area contributed by atoms with Crippen LogP contribution in [-0.2, 0) is 29.2 Å². The quantitative estimate of drug-likeness (QED) is 0.156. The molecule has 3 heterocycles. The Labute approximate surface area is 265 Å². The molecule has 0 bridgehead atoms. The summed E-state index contributed by atoms with van der Waals surface area (Å²) in [5, 5.41) is 4.30. The van der Waals surface area contributed by atoms with Crippen LogP contribution in [0, 0.1) is 6.92 Å². The van der Waals surface area contributed by atoms with Gasteiger partial charge in [0.2, 0.25) is 5.91 Å². The standard InChI is InChI=1S/C34H45N7O3Si/c1-23-19-40(17-16-25(21-44-45(6,7)34(2,3)4)41-20-28(33(35)43)36-22-41)30-18-24(12-13-26(23)30)37-32(42)15-14-31-38-27-10-8-9-11-29(27)39(31)5/h8-13,18-20,22,25H,14-17,21H2,1-7H3,(H2,35,43)(H,37,42)/t25-/m1/s1. The fraction of sp³-hybridized carbons (Fsp3) is 0.412. The number of rotatable bonds is 12. The number of nitrogens with zero attached hydrogens (tertiary/aromatic N) is 5. The molecule has 45 heavy (non-hydrogen) atoms. The minimum Gasteiger partial charge on any atom is -0.415 e. The van der Waals surface area contributed by atoms with Gasteiger partial charge in [-0.3, -0.25) is 9.59 Å². The van der Waals surface area contributed by atoms with E-state index in [1.165, 1.54) is 0 Å². The van der Waals surface area contributed by atoms with Crippen molar-refractivity contribution in [2.24, 2.45) is 12.8 Å². The van der Waals surface area contributed by atoms with E-state index in [4.69, 9.17) is 15.1 Å². The Morgan fingerprint density at radius 1 is 1.09 bits per heavy atom. The molecule has 0 spiro atoms. The smallest absolute Gasteiger partial charge is 0.268 e. The highest BCUT2D eigenvalue weighted by atomic mass is 28.4. The summed E-state index contributed by atoms with van der Waals surface area (Å²) in [5.74, 6) is 0.288. The molecular weight excluding hydrogens is 583 g/mol. The first-order chi connectivity index (χ1) is 21.2. The molecule has 0 radical (unpaired) electrons. The molecule has 10 nitrogen and oxygen atoms in total. The number of amides is 2. The van der Waals surface area contributed by atoms with Crippen molar-refractivity contribution in [1.82, 2.24) is 23.7 Å². The van der Waals surface area contributed by atoms with E-state index in [9.17, 15) is 9.59 Å². The van der Waals surface area contributed by atoms with Crippen molar-refractivity contribution in [2.45, 2.75) is 77.7 Å². The van der Waals surface area contributed by atoms with E-state index in [1.807, 2.05) is 52.6 Å². The Balaban J connectivity index is 1.30. The van der Waals surface area contributed by atoms with Crippen LogP contribution in [0.4, 0.5) is 5.69 Å². The van der Waals surface area contributed by atoms with Crippen LogP contribution in [0.1, 0.15) is 61.5 Å². The highest BCUT2D eigenvalue weighted by Crippen LogP contribution is 2.37. The molecule has 3 aromatic heterocycles. The second kappa shape index (κ2) is 12.6. The summed E-state index contributed by atoms with van der Waals surface area (Å²) in [6.45, 7) is 14.5. The molecule has 0 fully saturated rings. The van der Waals surface area contributed by atoms with Gasteiger partial charge < -0.3 is 29.2 Å². The lowest BCUT2D eigenvalue weighted by atomic mass is 10.1. The third-order valence-electron chi connectivity index (χ3n) is 9.24. The van der Waals surface area contributed by atoms with E-state index in [0.29, 0.717) is 26.0 Å². The summed E-state index contributed by atoms with van der Waals surface area (Å²) in [6.07, 6.45) is 7.17. The number of aryl methyl sites for hydroxylation is 4. The Morgan fingerprint density at radius 2 is 1.84 bits per heavy atom. The van der Waals surface area contributed by atoms with Crippen LogP contribution in [0.5, 0.6) is 0 Å². The van der Waals surface area contributed by atoms with Crippen LogP contribution in [0.25, 0.3) is 21.9 Å². The van der Waals surface area contributed by atoms with Gasteiger partial charge in [0.15, 0.2) is 8.32 Å². The van der Waals surface area contributed by atoms with Crippen molar-refractivity contribution in [2.75, 3.05) is 11.9 Å². The molecule has 5 rings (SSSR count). The summed E-state index contributed by atoms with van der Waals surface area (Å²) in [7, 11) is -0.0185. The van der Waals surface area contributed by atoms with Gasteiger partial charge in [-0.25, -0.2) is 9.97 Å². The predicted molar refractivity (Wildman–Crippen MR) is 182 cm³/mol. The number of carbonyl (C=O) groups excluding carboxylic acids is 2. The summed E-state index contributed by atoms with van der Waals surface area (Å²) in [5.41, 5.74) is 10.7. The van der Waals surface area contributed by atoms with E-state index in [2.05, 4.69) is 67.9 Å². The maximum Gasteiger partial charge on any atom is 0.268 e. The van der Waals surface area contributed by atoms with Gasteiger partial charge >= 0.3 is 0 Å². The van der Waals surface area contributed by atoms with Crippen LogP contribution in [0.3, 0.4) is 0 Å². The van der Waals surface area contributed by atoms with Crippen molar-refractivity contribution in [3.05, 3.63) is 78.3 Å². The van der Waals surface area contributed by atoms with Crippen LogP contribution in [0.2, 0.25) is 18.1 Å². The molecule has 238 valence electrons. The number of hydrogen-bond acceptors (Lipinski definition) is 5. The largest absolute Gasteiger partial charge is 0.415 e. The average Bonchev–Trinajstić information content (AvgIpc) is 3.68. The van der Waals surface area contributed by atoms with Gasteiger partial charge in [0.1, 0.15) is 11.5 Å². The first kappa shape index (κ1) is 32.2. The van der Waals surface area contributed by atoms with Crippen molar-refractivity contribution in [1.29, 1.82) is 0 Å². The van der Waals surface area contributed by atoms with Crippen LogP contribution in [-0.4, -0.2) is 50.4 Å². The topological polar surface area (TPSA) is 122 Å². The van der Waals surface area contributed by atoms with Gasteiger partial charge in [-0.05, 0) is 61.3 Å². The van der Waals surface area contributed by atoms with Gasteiger partial charge in [0.05, 0.1) is 35.5 Å². The molecule has 0 aliphatic rings. The highest BCUT2D eigenvalue weighted by Gasteiger charge is 2.37. The monoisotopic (exact) mass is 627 g/mol. The molecule has 0 aliphatic heterocycles. The van der Waals surface area contributed by atoms with Gasteiger partial charge in [0, 0.05) is 49.9 Å². The minimum absolute atomic E-state index is 0.0388. The SMILES string of the molecule is Cc1cn(CC[C@H](CO[Si](C)(C)C(C)(C)C)n2cnc(C(N)=O)c2)c2cc(NC(=O)CCc3nc4ccccc4n3C)ccc12. The number of benzene rings is 2. The normalized spacial score (nSPS) is 13.0. The Hall–Kier alpha value is -4.22. The molecule has 0 saturated carbocycles. The molecule has 1 atom stereocenters. The van der Waals surface area contributed by atoms with E-state index < -0.39 is 14.2 Å². The number of anilines is 1. The number of fused-ring (bicyclic) bond motifs is 2. The molecule has 2 amide bonds. The number of nitrogens with two attached hydrogens (primary N) is 1. The molecule has 11 heteroatoms. The zero-order chi connectivity index (χ0) is 32.5. The van der Waals surface area contributed by atoms with Gasteiger partial charge in [-0.15, -0.1) is 0 Å². The molecule has 0 unspecified atom stereocenters. The van der Waals surface area contributed by atoms with Crippen molar-refractivity contribution >= 4 is 47.8 Å². The fourth-order valence-corrected chi connectivity index (χ4v) is 6.44. The molecular formula is C34H45N7O3Si. The van der Waals surface area contributed by atoms with E-state index >= 15 is 0 Å². The second-order valence-corrected chi connectivity index (χ2v) is 18.3. The van der Waals surface area contributed by atoms with Crippen molar-refractivity contribution in [3.63, 3.8) is 0 Å². The number of carbonyl (C=O) groups is 2. The Bertz CT molecular complexity index is 1840. The Morgan fingerprint density at radius 3 is 2.53 bits per heavy atom. The van der Waals surface area contributed by atoms with E-state index in [0.717, 1.165) is 45.4 Å². The third-order valence-corrected chi connectivity index (χ3v) is 13.7. The summed E-state index contributed by atoms with van der Waals surface area (Å²) >= 11 is 0. The average molecular weight is 628 g/mol. The molecule has 2 aromatic carbocycles. The lowest BCUT2D eigenvalue weighted by molar-refractivity contribution is -0.116. The molecule has 0 aliphatic carbocycles. The molecule has 5 aromatic rings. The summed E-state index contributed by atoms with van der Waals surface area (Å²) in [6, 6.07) is 14.0. The number of nitrogens with one attached hydrogen (secondary N) is 1. The van der Waals surface area contributed by atoms with Gasteiger partial charge in [-0.1, -0.05) is 39.0 Å². The van der Waals surface area contributed by atoms with Crippen molar-refractivity contribution in [3.8, 4) is 0 Å². The van der Waals surface area contributed by atoms with Crippen molar-refractivity contribution < 1.29 is 14.0 Å². The molecule has 0 saturated heterocycles. The predicted octanol–water partition coefficient (Wildman–Crippen LogP) is 6.36. The number of para-hydroxylation sites is 2. The fourth-order valence-electron chi connectivity index (χ4n) is 5.40. The second-order valence-electron chi connectivity index (χ2n) is 13.4. The Kier molecular flexibility index (Phi) is 9.04. The highest BCUT2D eigenvalue weighted by molar-refractivity contribution is 6.74. The summed E-state index contributed by atoms with van der Waals surface area (Å²) < 4.78 is 12.8. The van der Waals surface area contributed by atoms with Gasteiger partial charge in [0.25, 0.3) is 5.91 Å². The first-order valence-electron chi connectivity index (χ1n) is 15.5. The van der Waals surface area contributed by atoms with Crippen LogP contribution in [0.15, 0.2) is 61.2 Å². The number of aromatic nitrogens is 5. The first-order valence-corrected chi connectivity index (χ1v) is 18.4. The summed E-state index contributed by atoms with van der Waals surface area (Å²) in [4.78, 5) is 33.7. The third kappa shape index (κ3) is 7.04. The number of imidazole rings is 2. The molecule has 3 N–H and O–H groups in total. The zero-order valence-electron chi connectivity index (χ0n) is 27.4. The lowest BCUT2D eigenvalue weighted by Gasteiger charge is -2.37. The van der Waals surface area contributed by atoms with Crippen LogP contribution < -0.4 is 11.1 Å². The van der Waals surface area contributed by atoms with Crippen LogP contribution >= 0.6 is 0 Å². The minimum atomic E-state index is -2.01. The van der Waals surface area contributed by atoms with E-state index in [-0.39, 0.29) is 22.7 Å². The number of hydrogen-bond donors (Lipinski definition) is 2. The number of primary amides is 1. The maximum atomic E-state index is 13.0. The van der Waals surface area contributed by atoms with Gasteiger partial charge in [-0.2, -0.15) is 0 Å².